The molecule has 0 spiro atoms. The SMILES string of the molecule is O=C1[C@H]2[C@H](CC=C3[C@H]2C[C@@]2(Cl)C(=O)N(c4ccc(F)cc4)C(=O)[C@@]2(Cl)[C@H]3c2ccc3ccccc3c2O)C(=O)N1c1ccc(-c2nc3ccccc3o2)cc1. The van der Waals surface area contributed by atoms with Crippen LogP contribution in [0.15, 0.2) is 125 Å². The van der Waals surface area contributed by atoms with Gasteiger partial charge in [-0.3, -0.25) is 24.1 Å². The van der Waals surface area contributed by atoms with E-state index in [1.807, 2.05) is 42.5 Å². The van der Waals surface area contributed by atoms with Gasteiger partial charge in [-0.15, -0.1) is 23.2 Å². The summed E-state index contributed by atoms with van der Waals surface area (Å²) in [6.07, 6.45) is 1.71. The van der Waals surface area contributed by atoms with Crippen LogP contribution in [0.5, 0.6) is 5.75 Å². The molecule has 3 heterocycles. The van der Waals surface area contributed by atoms with Crippen molar-refractivity contribution in [1.82, 2.24) is 4.98 Å². The molecule has 3 fully saturated rings. The highest BCUT2D eigenvalue weighted by Crippen LogP contribution is 2.66. The van der Waals surface area contributed by atoms with E-state index in [0.29, 0.717) is 39.2 Å². The molecule has 12 heteroatoms. The molecule has 1 saturated carbocycles. The molecule has 55 heavy (non-hydrogen) atoms. The summed E-state index contributed by atoms with van der Waals surface area (Å²) in [6, 6.07) is 29.6. The van der Waals surface area contributed by atoms with Crippen molar-refractivity contribution in [2.24, 2.45) is 17.8 Å². The van der Waals surface area contributed by atoms with Gasteiger partial charge < -0.3 is 9.52 Å². The number of aromatic nitrogens is 1. The van der Waals surface area contributed by atoms with Gasteiger partial charge in [0.25, 0.3) is 11.8 Å². The topological polar surface area (TPSA) is 121 Å². The highest BCUT2D eigenvalue weighted by atomic mass is 35.5. The maximum atomic E-state index is 14.7. The molecule has 4 aliphatic rings. The van der Waals surface area contributed by atoms with E-state index < -0.39 is 62.9 Å². The Labute approximate surface area is 322 Å². The number of alkyl halides is 2. The second-order valence-electron chi connectivity index (χ2n) is 14.5. The zero-order valence-corrected chi connectivity index (χ0v) is 30.2. The molecule has 1 aromatic heterocycles. The lowest BCUT2D eigenvalue weighted by Crippen LogP contribution is -2.60. The minimum absolute atomic E-state index is 0.0711. The number of rotatable bonds is 4. The predicted molar refractivity (Wildman–Crippen MR) is 204 cm³/mol. The van der Waals surface area contributed by atoms with Crippen LogP contribution in [0.4, 0.5) is 15.8 Å². The number of phenolic OH excluding ortho intramolecular Hbond substituents is 1. The first-order valence-electron chi connectivity index (χ1n) is 17.8. The van der Waals surface area contributed by atoms with E-state index in [1.54, 1.807) is 48.5 Å². The Balaban J connectivity index is 1.08. The maximum absolute atomic E-state index is 14.7. The lowest BCUT2D eigenvalue weighted by atomic mass is 9.56. The molecule has 0 bridgehead atoms. The Bertz CT molecular complexity index is 2660. The van der Waals surface area contributed by atoms with Gasteiger partial charge in [0.2, 0.25) is 17.7 Å². The van der Waals surface area contributed by atoms with E-state index in [4.69, 9.17) is 27.6 Å². The number of anilines is 2. The number of hydrogen-bond donors (Lipinski definition) is 1. The molecule has 10 rings (SSSR count). The smallest absolute Gasteiger partial charge is 0.258 e. The summed E-state index contributed by atoms with van der Waals surface area (Å²) in [7, 11) is 0. The third-order valence-electron chi connectivity index (χ3n) is 11.8. The molecule has 0 radical (unpaired) electrons. The van der Waals surface area contributed by atoms with Crippen molar-refractivity contribution in [3.63, 3.8) is 0 Å². The fraction of sp³-hybridized carbons (Fsp3) is 0.186. The molecule has 5 aromatic carbocycles. The zero-order valence-electron chi connectivity index (χ0n) is 28.7. The number of oxazole rings is 1. The summed E-state index contributed by atoms with van der Waals surface area (Å²) >= 11 is 15.0. The molecule has 1 N–H and O–H groups in total. The van der Waals surface area contributed by atoms with Gasteiger partial charge in [-0.2, -0.15) is 0 Å². The van der Waals surface area contributed by atoms with E-state index in [2.05, 4.69) is 4.98 Å². The first-order valence-corrected chi connectivity index (χ1v) is 18.5. The largest absolute Gasteiger partial charge is 0.507 e. The maximum Gasteiger partial charge on any atom is 0.258 e. The number of nitrogens with zero attached hydrogens (tertiary/aromatic N) is 3. The van der Waals surface area contributed by atoms with Crippen LogP contribution in [0, 0.1) is 23.6 Å². The number of halogens is 3. The fourth-order valence-corrected chi connectivity index (χ4v) is 10.2. The molecule has 2 saturated heterocycles. The van der Waals surface area contributed by atoms with Crippen LogP contribution in [-0.2, 0) is 19.2 Å². The van der Waals surface area contributed by atoms with Crippen molar-refractivity contribution >= 4 is 80.1 Å². The zero-order chi connectivity index (χ0) is 38.0. The Morgan fingerprint density at radius 2 is 1.45 bits per heavy atom. The van der Waals surface area contributed by atoms with Crippen molar-refractivity contribution in [2.75, 3.05) is 9.80 Å². The number of amides is 4. The van der Waals surface area contributed by atoms with Gasteiger partial charge in [-0.05, 0) is 84.8 Å². The van der Waals surface area contributed by atoms with Crippen LogP contribution in [0.1, 0.15) is 24.3 Å². The van der Waals surface area contributed by atoms with Crippen LogP contribution in [0.3, 0.4) is 0 Å². The summed E-state index contributed by atoms with van der Waals surface area (Å²) in [5.41, 5.74) is 3.19. The third-order valence-corrected chi connectivity index (χ3v) is 13.2. The van der Waals surface area contributed by atoms with Crippen molar-refractivity contribution in [3.8, 4) is 17.2 Å². The molecule has 9 nitrogen and oxygen atoms in total. The van der Waals surface area contributed by atoms with Crippen molar-refractivity contribution in [1.29, 1.82) is 0 Å². The Morgan fingerprint density at radius 3 is 2.22 bits per heavy atom. The lowest BCUT2D eigenvalue weighted by molar-refractivity contribution is -0.125. The Morgan fingerprint density at radius 1 is 0.764 bits per heavy atom. The van der Waals surface area contributed by atoms with Gasteiger partial charge >= 0.3 is 0 Å². The number of aromatic hydroxyl groups is 1. The number of hydrogen-bond acceptors (Lipinski definition) is 7. The molecular weight excluding hydrogens is 744 g/mol. The Kier molecular flexibility index (Phi) is 7.25. The molecule has 0 unspecified atom stereocenters. The van der Waals surface area contributed by atoms with Crippen LogP contribution in [-0.4, -0.2) is 43.5 Å². The number of allylic oxidation sites excluding steroid dienone is 2. The van der Waals surface area contributed by atoms with E-state index in [9.17, 15) is 28.7 Å². The third kappa shape index (κ3) is 4.55. The molecule has 2 aliphatic carbocycles. The van der Waals surface area contributed by atoms with Crippen LogP contribution < -0.4 is 9.80 Å². The number of carbonyl (C=O) groups is 4. The second kappa shape index (κ2) is 11.8. The Hall–Kier alpha value is -5.84. The molecular formula is C43H28Cl2FN3O6. The van der Waals surface area contributed by atoms with Gasteiger partial charge in [-0.25, -0.2) is 14.3 Å². The van der Waals surface area contributed by atoms with Crippen molar-refractivity contribution in [3.05, 3.63) is 132 Å². The summed E-state index contributed by atoms with van der Waals surface area (Å²) < 4.78 is 19.9. The van der Waals surface area contributed by atoms with Gasteiger partial charge in [0.1, 0.15) is 17.1 Å². The van der Waals surface area contributed by atoms with Gasteiger partial charge in [0.15, 0.2) is 15.3 Å². The number of imide groups is 2. The molecule has 272 valence electrons. The van der Waals surface area contributed by atoms with Crippen LogP contribution in [0.25, 0.3) is 33.3 Å². The average Bonchev–Trinajstić information content (AvgIpc) is 3.79. The van der Waals surface area contributed by atoms with E-state index in [0.717, 1.165) is 22.4 Å². The second-order valence-corrected chi connectivity index (χ2v) is 15.8. The van der Waals surface area contributed by atoms with Gasteiger partial charge in [0, 0.05) is 22.4 Å². The predicted octanol–water partition coefficient (Wildman–Crippen LogP) is 8.26. The molecule has 6 atom stereocenters. The lowest BCUT2D eigenvalue weighted by Gasteiger charge is -2.50. The summed E-state index contributed by atoms with van der Waals surface area (Å²) in [6.45, 7) is 0. The minimum atomic E-state index is -2.18. The number of carbonyl (C=O) groups excluding carboxylic acids is 4. The summed E-state index contributed by atoms with van der Waals surface area (Å²) in [5.74, 6) is -6.63. The van der Waals surface area contributed by atoms with E-state index >= 15 is 0 Å². The summed E-state index contributed by atoms with van der Waals surface area (Å²) in [5, 5.41) is 13.1. The van der Waals surface area contributed by atoms with Crippen molar-refractivity contribution in [2.45, 2.75) is 28.5 Å². The molecule has 4 amide bonds. The van der Waals surface area contributed by atoms with Crippen molar-refractivity contribution < 1.29 is 33.1 Å². The summed E-state index contributed by atoms with van der Waals surface area (Å²) in [4.78, 5) is 60.4. The standard InChI is InChI=1S/C43H28Cl2FN3O6/c44-42-21-31-28(19-20-29-34(31)39(52)48(38(29)51)25-14-9-23(10-15-25)37-47-32-7-3-4-8-33(32)55-37)35(30-18-11-22-5-1-2-6-27(22)36(30)50)43(42,45)41(54)49(40(42)53)26-16-12-24(46)13-17-26/h1-19,29,31,34-35,50H,20-21H2/t29-,31+,34-,35+,42+,43-/m0/s1. The first kappa shape index (κ1) is 33.7. The van der Waals surface area contributed by atoms with Crippen LogP contribution in [0.2, 0.25) is 0 Å². The quantitative estimate of drug-likeness (QED) is 0.109. The van der Waals surface area contributed by atoms with Gasteiger partial charge in [-0.1, -0.05) is 60.2 Å². The van der Waals surface area contributed by atoms with E-state index in [1.165, 1.54) is 17.0 Å². The first-order chi connectivity index (χ1) is 26.5. The van der Waals surface area contributed by atoms with Gasteiger partial charge in [0.05, 0.1) is 23.2 Å². The molecule has 2 aliphatic heterocycles. The monoisotopic (exact) mass is 771 g/mol. The fourth-order valence-electron chi connectivity index (χ4n) is 9.25. The number of fused-ring (bicyclic) bond motifs is 6. The number of para-hydroxylation sites is 2. The highest BCUT2D eigenvalue weighted by Gasteiger charge is 2.77. The number of phenols is 1. The molecule has 6 aromatic rings. The average molecular weight is 773 g/mol. The van der Waals surface area contributed by atoms with E-state index in [-0.39, 0.29) is 29.8 Å². The highest BCUT2D eigenvalue weighted by molar-refractivity contribution is 6.58. The normalized spacial score (nSPS) is 27.4. The minimum Gasteiger partial charge on any atom is -0.507 e. The number of benzene rings is 5. The van der Waals surface area contributed by atoms with Crippen LogP contribution >= 0.6 is 23.2 Å².